The highest BCUT2D eigenvalue weighted by Crippen LogP contribution is 2.21. The van der Waals surface area contributed by atoms with Crippen LogP contribution < -0.4 is 0 Å². The van der Waals surface area contributed by atoms with Crippen LogP contribution in [0.2, 0.25) is 4.34 Å². The van der Waals surface area contributed by atoms with Gasteiger partial charge in [-0.1, -0.05) is 23.0 Å². The average molecular weight is 305 g/mol. The van der Waals surface area contributed by atoms with Gasteiger partial charge in [0.15, 0.2) is 0 Å². The number of ether oxygens (including phenoxy) is 1. The molecule has 0 amide bonds. The number of methoxy groups -OCH3 is 1. The Bertz CT molecular complexity index is 390. The summed E-state index contributed by atoms with van der Waals surface area (Å²) in [5.41, 5.74) is 0.909. The van der Waals surface area contributed by atoms with E-state index in [1.165, 1.54) is 11.5 Å². The number of aromatic nitrogens is 2. The van der Waals surface area contributed by atoms with Crippen molar-refractivity contribution in [3.05, 3.63) is 10.0 Å². The van der Waals surface area contributed by atoms with Gasteiger partial charge >= 0.3 is 0 Å². The highest BCUT2D eigenvalue weighted by atomic mass is 35.5. The van der Waals surface area contributed by atoms with E-state index < -0.39 is 0 Å². The van der Waals surface area contributed by atoms with Crippen LogP contribution in [0.1, 0.15) is 19.0 Å². The lowest BCUT2D eigenvalue weighted by atomic mass is 10.1. The average Bonchev–Trinajstić information content (AvgIpc) is 2.82. The van der Waals surface area contributed by atoms with E-state index in [4.69, 9.17) is 16.3 Å². The molecule has 1 aliphatic rings. The van der Waals surface area contributed by atoms with E-state index in [1.807, 2.05) is 0 Å². The first-order valence-corrected chi connectivity index (χ1v) is 7.81. The van der Waals surface area contributed by atoms with Crippen LogP contribution in [0.25, 0.3) is 0 Å². The Morgan fingerprint density at radius 2 is 2.32 bits per heavy atom. The molecule has 1 atom stereocenters. The highest BCUT2D eigenvalue weighted by Gasteiger charge is 2.26. The fraction of sp³-hybridized carbons (Fsp3) is 0.833. The largest absolute Gasteiger partial charge is 0.383 e. The fourth-order valence-electron chi connectivity index (χ4n) is 2.49. The molecule has 0 aliphatic carbocycles. The van der Waals surface area contributed by atoms with E-state index in [0.29, 0.717) is 6.04 Å². The van der Waals surface area contributed by atoms with E-state index in [0.717, 1.165) is 55.8 Å². The van der Waals surface area contributed by atoms with E-state index in [9.17, 15) is 0 Å². The van der Waals surface area contributed by atoms with Crippen molar-refractivity contribution in [3.63, 3.8) is 0 Å². The first kappa shape index (κ1) is 15.1. The molecule has 0 unspecified atom stereocenters. The van der Waals surface area contributed by atoms with Gasteiger partial charge in [0.1, 0.15) is 10.0 Å². The van der Waals surface area contributed by atoms with Crippen molar-refractivity contribution in [2.24, 2.45) is 0 Å². The summed E-state index contributed by atoms with van der Waals surface area (Å²) in [4.78, 5) is 4.93. The number of piperazine rings is 1. The van der Waals surface area contributed by atoms with Gasteiger partial charge in [0, 0.05) is 57.4 Å². The van der Waals surface area contributed by atoms with Gasteiger partial charge in [0.2, 0.25) is 0 Å². The first-order valence-electron chi connectivity index (χ1n) is 6.66. The zero-order valence-corrected chi connectivity index (χ0v) is 13.1. The molecule has 7 heteroatoms. The Labute approximate surface area is 123 Å². The maximum absolute atomic E-state index is 6.07. The van der Waals surface area contributed by atoms with E-state index in [2.05, 4.69) is 26.3 Å². The fourth-order valence-corrected chi connectivity index (χ4v) is 3.11. The summed E-state index contributed by atoms with van der Waals surface area (Å²) in [6.07, 6.45) is 1.16. The van der Waals surface area contributed by atoms with Crippen molar-refractivity contribution in [2.45, 2.75) is 25.9 Å². The zero-order chi connectivity index (χ0) is 13.7. The third-order valence-corrected chi connectivity index (χ3v) is 4.61. The van der Waals surface area contributed by atoms with E-state index >= 15 is 0 Å². The van der Waals surface area contributed by atoms with Gasteiger partial charge in [0.25, 0.3) is 0 Å². The monoisotopic (exact) mass is 304 g/mol. The van der Waals surface area contributed by atoms with Crippen LogP contribution in [-0.4, -0.2) is 65.3 Å². The Kier molecular flexibility index (Phi) is 5.97. The van der Waals surface area contributed by atoms with Gasteiger partial charge in [-0.2, -0.15) is 0 Å². The summed E-state index contributed by atoms with van der Waals surface area (Å²) >= 11 is 7.33. The van der Waals surface area contributed by atoms with Crippen molar-refractivity contribution >= 4 is 23.1 Å². The smallest absolute Gasteiger partial charge is 0.138 e. The van der Waals surface area contributed by atoms with Gasteiger partial charge in [-0.15, -0.1) is 5.10 Å². The number of nitrogens with zero attached hydrogens (tertiary/aromatic N) is 4. The van der Waals surface area contributed by atoms with E-state index in [1.54, 1.807) is 7.11 Å². The quantitative estimate of drug-likeness (QED) is 0.801. The zero-order valence-electron chi connectivity index (χ0n) is 11.5. The molecule has 0 N–H and O–H groups in total. The Morgan fingerprint density at radius 1 is 1.47 bits per heavy atom. The summed E-state index contributed by atoms with van der Waals surface area (Å²) < 4.78 is 9.78. The molecule has 2 heterocycles. The summed E-state index contributed by atoms with van der Waals surface area (Å²) in [5.74, 6) is 0. The molecule has 0 radical (unpaired) electrons. The maximum Gasteiger partial charge on any atom is 0.138 e. The molecule has 1 saturated heterocycles. The van der Waals surface area contributed by atoms with Crippen molar-refractivity contribution in [1.29, 1.82) is 0 Å². The van der Waals surface area contributed by atoms with Gasteiger partial charge in [-0.05, 0) is 6.42 Å². The lowest BCUT2D eigenvalue weighted by Crippen LogP contribution is -2.53. The van der Waals surface area contributed by atoms with Crippen molar-refractivity contribution in [1.82, 2.24) is 19.4 Å². The molecule has 1 aliphatic heterocycles. The standard InChI is InChI=1S/C12H21ClN4OS/c1-3-10-8-16(4-5-17(10)6-7-18-2)9-11-12(13)19-15-14-11/h10H,3-9H2,1-2H3/t10-/m0/s1. The Hall–Kier alpha value is -0.270. The summed E-state index contributed by atoms with van der Waals surface area (Å²) in [5, 5.41) is 4.09. The van der Waals surface area contributed by atoms with Gasteiger partial charge in [0.05, 0.1) is 6.61 Å². The second kappa shape index (κ2) is 7.50. The lowest BCUT2D eigenvalue weighted by Gasteiger charge is -2.40. The van der Waals surface area contributed by atoms with Gasteiger partial charge in [-0.25, -0.2) is 0 Å². The molecule has 5 nitrogen and oxygen atoms in total. The predicted octanol–water partition coefficient (Wildman–Crippen LogP) is 1.73. The van der Waals surface area contributed by atoms with Crippen LogP contribution in [-0.2, 0) is 11.3 Å². The molecule has 2 rings (SSSR count). The molecule has 1 fully saturated rings. The number of halogens is 1. The number of hydrogen-bond donors (Lipinski definition) is 0. The lowest BCUT2D eigenvalue weighted by molar-refractivity contribution is 0.0460. The molecule has 0 spiro atoms. The number of hydrogen-bond acceptors (Lipinski definition) is 6. The molecule has 0 bridgehead atoms. The molecular formula is C12H21ClN4OS. The molecule has 0 aromatic carbocycles. The molecule has 108 valence electrons. The second-order valence-corrected chi connectivity index (χ2v) is 6.18. The third-order valence-electron chi connectivity index (χ3n) is 3.63. The topological polar surface area (TPSA) is 41.5 Å². The molecule has 0 saturated carbocycles. The Morgan fingerprint density at radius 3 is 2.95 bits per heavy atom. The second-order valence-electron chi connectivity index (χ2n) is 4.82. The van der Waals surface area contributed by atoms with Crippen molar-refractivity contribution in [2.75, 3.05) is 39.9 Å². The molecular weight excluding hydrogens is 284 g/mol. The van der Waals surface area contributed by atoms with Crippen LogP contribution in [0.5, 0.6) is 0 Å². The van der Waals surface area contributed by atoms with Crippen molar-refractivity contribution in [3.8, 4) is 0 Å². The molecule has 19 heavy (non-hydrogen) atoms. The third kappa shape index (κ3) is 4.10. The van der Waals surface area contributed by atoms with Crippen LogP contribution >= 0.6 is 23.1 Å². The summed E-state index contributed by atoms with van der Waals surface area (Å²) in [6, 6.07) is 0.592. The summed E-state index contributed by atoms with van der Waals surface area (Å²) in [6.45, 7) is 8.06. The maximum atomic E-state index is 6.07. The van der Waals surface area contributed by atoms with Gasteiger partial charge < -0.3 is 4.74 Å². The van der Waals surface area contributed by atoms with E-state index in [-0.39, 0.29) is 0 Å². The minimum atomic E-state index is 0.592. The van der Waals surface area contributed by atoms with Crippen LogP contribution in [0.4, 0.5) is 0 Å². The highest BCUT2D eigenvalue weighted by molar-refractivity contribution is 7.10. The minimum Gasteiger partial charge on any atom is -0.383 e. The SMILES string of the molecule is CC[C@H]1CN(Cc2nnsc2Cl)CCN1CCOC. The van der Waals surface area contributed by atoms with Gasteiger partial charge in [-0.3, -0.25) is 9.80 Å². The molecule has 1 aromatic rings. The molecule has 1 aromatic heterocycles. The van der Waals surface area contributed by atoms with Crippen LogP contribution in [0.3, 0.4) is 0 Å². The van der Waals surface area contributed by atoms with Crippen LogP contribution in [0.15, 0.2) is 0 Å². The van der Waals surface area contributed by atoms with Crippen molar-refractivity contribution < 1.29 is 4.74 Å². The van der Waals surface area contributed by atoms with Crippen LogP contribution in [0, 0.1) is 0 Å². The normalized spacial score (nSPS) is 21.9. The first-order chi connectivity index (χ1) is 9.24. The Balaban J connectivity index is 1.88. The number of rotatable bonds is 6. The predicted molar refractivity (Wildman–Crippen MR) is 77.7 cm³/mol. The minimum absolute atomic E-state index is 0.592. The summed E-state index contributed by atoms with van der Waals surface area (Å²) in [7, 11) is 1.76.